The highest BCUT2D eigenvalue weighted by atomic mass is 16.5. The molecule has 1 aliphatic heterocycles. The van der Waals surface area contributed by atoms with E-state index in [-0.39, 0.29) is 25.0 Å². The van der Waals surface area contributed by atoms with Crippen molar-refractivity contribution in [1.29, 1.82) is 0 Å². The molecule has 2 aliphatic carbocycles. The first-order chi connectivity index (χ1) is 19.0. The van der Waals surface area contributed by atoms with Crippen LogP contribution in [-0.2, 0) is 33.9 Å². The number of carbonyl (C=O) groups is 2. The van der Waals surface area contributed by atoms with Crippen molar-refractivity contribution in [2.24, 2.45) is 11.8 Å². The van der Waals surface area contributed by atoms with Gasteiger partial charge in [-0.15, -0.1) is 0 Å². The monoisotopic (exact) mass is 527 g/mol. The average molecular weight is 528 g/mol. The zero-order valence-corrected chi connectivity index (χ0v) is 22.0. The normalized spacial score (nSPS) is 23.9. The number of aliphatic carboxylic acids is 1. The Morgan fingerprint density at radius 3 is 2.31 bits per heavy atom. The largest absolute Gasteiger partial charge is 0.493 e. The standard InChI is InChI=1S/C32H33NO6/c1-37-28-13-12-22-18-33(27(32(35)36)17-26(22)30(28)38-19-20-8-4-2-5-9-20)31(34)29(21-10-6-3-7-11-21)39-25-15-23-14-24(23)16-25/h2-13,23-25,27,29H,14-19H2,1H3,(H,35,36)/t23?,24?,25?,27-,29+/m0/s1. The molecule has 0 aromatic heterocycles. The number of rotatable bonds is 9. The topological polar surface area (TPSA) is 85.3 Å². The van der Waals surface area contributed by atoms with Crippen molar-refractivity contribution in [1.82, 2.24) is 4.90 Å². The van der Waals surface area contributed by atoms with Crippen LogP contribution in [0.4, 0.5) is 0 Å². The fourth-order valence-corrected chi connectivity index (χ4v) is 6.14. The van der Waals surface area contributed by atoms with Crippen molar-refractivity contribution in [2.75, 3.05) is 7.11 Å². The predicted molar refractivity (Wildman–Crippen MR) is 144 cm³/mol. The van der Waals surface area contributed by atoms with Crippen LogP contribution in [-0.4, -0.2) is 41.1 Å². The molecule has 7 heteroatoms. The lowest BCUT2D eigenvalue weighted by Crippen LogP contribution is -2.50. The summed E-state index contributed by atoms with van der Waals surface area (Å²) in [7, 11) is 1.57. The number of carbonyl (C=O) groups excluding carboxylic acids is 1. The number of ether oxygens (including phenoxy) is 3. The molecule has 1 N–H and O–H groups in total. The zero-order chi connectivity index (χ0) is 26.9. The minimum atomic E-state index is -1.06. The van der Waals surface area contributed by atoms with Gasteiger partial charge in [0.05, 0.1) is 13.2 Å². The van der Waals surface area contributed by atoms with Crippen molar-refractivity contribution in [2.45, 2.75) is 57.1 Å². The minimum absolute atomic E-state index is 0.0190. The lowest BCUT2D eigenvalue weighted by molar-refractivity contribution is -0.160. The van der Waals surface area contributed by atoms with Gasteiger partial charge in [-0.2, -0.15) is 0 Å². The lowest BCUT2D eigenvalue weighted by atomic mass is 9.91. The molecule has 4 atom stereocenters. The van der Waals surface area contributed by atoms with Gasteiger partial charge in [0.2, 0.25) is 0 Å². The van der Waals surface area contributed by atoms with E-state index in [9.17, 15) is 14.7 Å². The number of fused-ring (bicyclic) bond motifs is 2. The maximum Gasteiger partial charge on any atom is 0.326 e. The summed E-state index contributed by atoms with van der Waals surface area (Å²) in [5.74, 6) is 1.11. The molecular formula is C32H33NO6. The second-order valence-electron chi connectivity index (χ2n) is 10.8. The Labute approximate surface area is 228 Å². The first-order valence-electron chi connectivity index (χ1n) is 13.6. The summed E-state index contributed by atoms with van der Waals surface area (Å²) < 4.78 is 18.2. The highest BCUT2D eigenvalue weighted by Crippen LogP contribution is 2.53. The van der Waals surface area contributed by atoms with Crippen molar-refractivity contribution in [3.05, 3.63) is 95.1 Å². The molecule has 3 aromatic carbocycles. The molecule has 3 aromatic rings. The van der Waals surface area contributed by atoms with Gasteiger partial charge in [0, 0.05) is 18.5 Å². The van der Waals surface area contributed by atoms with Crippen LogP contribution in [0.25, 0.3) is 0 Å². The van der Waals surface area contributed by atoms with E-state index in [0.717, 1.165) is 35.1 Å². The van der Waals surface area contributed by atoms with Crippen LogP contribution < -0.4 is 9.47 Å². The highest BCUT2D eigenvalue weighted by molar-refractivity contribution is 5.88. The number of nitrogens with zero attached hydrogens (tertiary/aromatic N) is 1. The molecule has 3 aliphatic rings. The molecule has 0 bridgehead atoms. The van der Waals surface area contributed by atoms with Gasteiger partial charge in [-0.1, -0.05) is 66.7 Å². The number of methoxy groups -OCH3 is 1. The molecule has 202 valence electrons. The third-order valence-corrected chi connectivity index (χ3v) is 8.31. The molecule has 2 unspecified atom stereocenters. The van der Waals surface area contributed by atoms with Crippen molar-refractivity contribution in [3.63, 3.8) is 0 Å². The van der Waals surface area contributed by atoms with E-state index in [2.05, 4.69) is 0 Å². The van der Waals surface area contributed by atoms with E-state index in [4.69, 9.17) is 14.2 Å². The second-order valence-corrected chi connectivity index (χ2v) is 10.8. The summed E-state index contributed by atoms with van der Waals surface area (Å²) in [5, 5.41) is 10.3. The Morgan fingerprint density at radius 2 is 1.64 bits per heavy atom. The Balaban J connectivity index is 1.30. The summed E-state index contributed by atoms with van der Waals surface area (Å²) in [4.78, 5) is 28.1. The number of hydrogen-bond acceptors (Lipinski definition) is 5. The number of hydrogen-bond donors (Lipinski definition) is 1. The van der Waals surface area contributed by atoms with E-state index in [1.54, 1.807) is 7.11 Å². The van der Waals surface area contributed by atoms with Gasteiger partial charge in [0.15, 0.2) is 17.6 Å². The Morgan fingerprint density at radius 1 is 0.949 bits per heavy atom. The maximum atomic E-state index is 14.1. The SMILES string of the molecule is COc1ccc2c(c1OCc1ccccc1)C[C@@H](C(=O)O)N(C(=O)[C@H](OC1CC3CC3C1)c1ccccc1)C2. The third kappa shape index (κ3) is 5.23. The summed E-state index contributed by atoms with van der Waals surface area (Å²) in [6.45, 7) is 0.473. The number of carboxylic acids is 1. The van der Waals surface area contributed by atoms with Crippen LogP contribution in [0.3, 0.4) is 0 Å². The summed E-state index contributed by atoms with van der Waals surface area (Å²) in [6, 6.07) is 21.9. The Kier molecular flexibility index (Phi) is 7.00. The van der Waals surface area contributed by atoms with Crippen LogP contribution in [0, 0.1) is 11.8 Å². The van der Waals surface area contributed by atoms with Crippen molar-refractivity contribution >= 4 is 11.9 Å². The highest BCUT2D eigenvalue weighted by Gasteiger charge is 2.48. The number of benzene rings is 3. The summed E-state index contributed by atoms with van der Waals surface area (Å²) in [6.07, 6.45) is 2.48. The molecule has 1 amide bonds. The maximum absolute atomic E-state index is 14.1. The van der Waals surface area contributed by atoms with Crippen LogP contribution in [0.5, 0.6) is 11.5 Å². The number of amides is 1. The smallest absolute Gasteiger partial charge is 0.326 e. The van der Waals surface area contributed by atoms with Crippen molar-refractivity contribution < 1.29 is 28.9 Å². The first kappa shape index (κ1) is 25.4. The second kappa shape index (κ2) is 10.7. The molecule has 2 saturated carbocycles. The molecule has 0 spiro atoms. The molecule has 6 rings (SSSR count). The van der Waals surface area contributed by atoms with Crippen LogP contribution >= 0.6 is 0 Å². The molecule has 7 nitrogen and oxygen atoms in total. The minimum Gasteiger partial charge on any atom is -0.493 e. The predicted octanol–water partition coefficient (Wildman–Crippen LogP) is 5.17. The van der Waals surface area contributed by atoms with Gasteiger partial charge < -0.3 is 24.2 Å². The van der Waals surface area contributed by atoms with Crippen molar-refractivity contribution in [3.8, 4) is 11.5 Å². The van der Waals surface area contributed by atoms with Gasteiger partial charge in [0.25, 0.3) is 5.91 Å². The van der Waals surface area contributed by atoms with E-state index in [0.29, 0.717) is 29.9 Å². The fourth-order valence-electron chi connectivity index (χ4n) is 6.14. The van der Waals surface area contributed by atoms with Gasteiger partial charge in [-0.05, 0) is 53.9 Å². The van der Waals surface area contributed by atoms with E-state index < -0.39 is 18.1 Å². The number of carboxylic acid groups (broad SMARTS) is 1. The molecule has 2 fully saturated rings. The summed E-state index contributed by atoms with van der Waals surface area (Å²) >= 11 is 0. The fraction of sp³-hybridized carbons (Fsp3) is 0.375. The van der Waals surface area contributed by atoms with Crippen LogP contribution in [0.15, 0.2) is 72.8 Å². The molecule has 0 saturated heterocycles. The van der Waals surface area contributed by atoms with Crippen LogP contribution in [0.2, 0.25) is 0 Å². The van der Waals surface area contributed by atoms with Crippen LogP contribution in [0.1, 0.15) is 47.6 Å². The Bertz CT molecular complexity index is 1330. The van der Waals surface area contributed by atoms with E-state index in [1.165, 1.54) is 11.3 Å². The van der Waals surface area contributed by atoms with Gasteiger partial charge in [0.1, 0.15) is 12.6 Å². The molecule has 39 heavy (non-hydrogen) atoms. The first-order valence-corrected chi connectivity index (χ1v) is 13.6. The average Bonchev–Trinajstić information content (AvgIpc) is 3.59. The Hall–Kier alpha value is -3.84. The van der Waals surface area contributed by atoms with E-state index in [1.807, 2.05) is 72.8 Å². The molecular weight excluding hydrogens is 494 g/mol. The zero-order valence-electron chi connectivity index (χ0n) is 22.0. The summed E-state index contributed by atoms with van der Waals surface area (Å²) in [5.41, 5.74) is 3.35. The third-order valence-electron chi connectivity index (χ3n) is 8.31. The quantitative estimate of drug-likeness (QED) is 0.413. The van der Waals surface area contributed by atoms with Gasteiger partial charge in [-0.3, -0.25) is 4.79 Å². The van der Waals surface area contributed by atoms with Gasteiger partial charge >= 0.3 is 5.97 Å². The van der Waals surface area contributed by atoms with E-state index >= 15 is 0 Å². The van der Waals surface area contributed by atoms with Gasteiger partial charge in [-0.25, -0.2) is 4.79 Å². The molecule has 0 radical (unpaired) electrons. The lowest BCUT2D eigenvalue weighted by Gasteiger charge is -2.38. The molecule has 1 heterocycles.